The van der Waals surface area contributed by atoms with Crippen LogP contribution in [0.1, 0.15) is 22.8 Å². The van der Waals surface area contributed by atoms with Crippen molar-refractivity contribution < 1.29 is 27.8 Å². The summed E-state index contributed by atoms with van der Waals surface area (Å²) in [5.41, 5.74) is 1.04. The van der Waals surface area contributed by atoms with Gasteiger partial charge in [0, 0.05) is 18.7 Å². The van der Waals surface area contributed by atoms with Crippen molar-refractivity contribution in [3.05, 3.63) is 58.1 Å². The first-order valence-corrected chi connectivity index (χ1v) is 11.6. The number of hydrogen-bond acceptors (Lipinski definition) is 6. The maximum Gasteiger partial charge on any atom is 0.243 e. The summed E-state index contributed by atoms with van der Waals surface area (Å²) in [6.45, 7) is 3.58. The van der Waals surface area contributed by atoms with Crippen LogP contribution >= 0.6 is 15.9 Å². The number of phenols is 1. The van der Waals surface area contributed by atoms with Crippen molar-refractivity contribution in [1.82, 2.24) is 4.31 Å². The Morgan fingerprint density at radius 2 is 1.90 bits per heavy atom. The van der Waals surface area contributed by atoms with E-state index in [9.17, 15) is 18.3 Å². The third-order valence-electron chi connectivity index (χ3n) is 4.52. The number of carbonyl (C=O) groups excluding carboxylic acids is 1. The van der Waals surface area contributed by atoms with Crippen LogP contribution in [0.4, 0.5) is 0 Å². The average molecular weight is 496 g/mol. The Bertz CT molecular complexity index is 1040. The maximum absolute atomic E-state index is 12.7. The van der Waals surface area contributed by atoms with Crippen LogP contribution in [0.5, 0.6) is 11.5 Å². The number of ketones is 1. The van der Waals surface area contributed by atoms with E-state index in [1.54, 1.807) is 18.2 Å². The fraction of sp³-hybridized carbons (Fsp3) is 0.286. The number of nitrogens with zero attached hydrogens (tertiary/aromatic N) is 1. The lowest BCUT2D eigenvalue weighted by molar-refractivity contribution is 0.0730. The highest BCUT2D eigenvalue weighted by Crippen LogP contribution is 2.35. The van der Waals surface area contributed by atoms with Crippen LogP contribution in [0.2, 0.25) is 0 Å². The van der Waals surface area contributed by atoms with Crippen LogP contribution < -0.4 is 4.74 Å². The average Bonchev–Trinajstić information content (AvgIpc) is 2.76. The number of hydrogen-bond donors (Lipinski definition) is 1. The van der Waals surface area contributed by atoms with E-state index in [0.29, 0.717) is 54.3 Å². The van der Waals surface area contributed by atoms with Crippen LogP contribution in [0.3, 0.4) is 0 Å². The molecule has 0 unspecified atom stereocenters. The molecule has 0 atom stereocenters. The molecule has 7 nitrogen and oxygen atoms in total. The van der Waals surface area contributed by atoms with Gasteiger partial charge in [0.05, 0.1) is 29.2 Å². The van der Waals surface area contributed by atoms with Gasteiger partial charge < -0.3 is 14.6 Å². The van der Waals surface area contributed by atoms with Crippen LogP contribution in [-0.4, -0.2) is 56.5 Å². The van der Waals surface area contributed by atoms with E-state index in [4.69, 9.17) is 9.47 Å². The van der Waals surface area contributed by atoms with Crippen LogP contribution in [0.25, 0.3) is 6.08 Å². The molecular weight excluding hydrogens is 474 g/mol. The predicted molar refractivity (Wildman–Crippen MR) is 116 cm³/mol. The zero-order chi connectivity index (χ0) is 21.7. The third-order valence-corrected chi connectivity index (χ3v) is 7.04. The van der Waals surface area contributed by atoms with Crippen molar-refractivity contribution in [3.8, 4) is 11.5 Å². The maximum atomic E-state index is 12.7. The molecule has 0 spiro atoms. The van der Waals surface area contributed by atoms with Gasteiger partial charge in [-0.05, 0) is 70.9 Å². The molecule has 1 aliphatic rings. The number of ether oxygens (including phenoxy) is 2. The minimum Gasteiger partial charge on any atom is -0.503 e. The summed E-state index contributed by atoms with van der Waals surface area (Å²) in [7, 11) is -3.60. The Labute approximate surface area is 184 Å². The molecule has 0 aromatic heterocycles. The summed E-state index contributed by atoms with van der Waals surface area (Å²) in [5, 5.41) is 9.97. The van der Waals surface area contributed by atoms with E-state index in [0.717, 1.165) is 0 Å². The number of carbonyl (C=O) groups is 1. The molecule has 9 heteroatoms. The van der Waals surface area contributed by atoms with Crippen molar-refractivity contribution in [3.63, 3.8) is 0 Å². The molecule has 0 saturated carbocycles. The monoisotopic (exact) mass is 495 g/mol. The van der Waals surface area contributed by atoms with E-state index in [1.807, 2.05) is 6.92 Å². The van der Waals surface area contributed by atoms with E-state index < -0.39 is 10.0 Å². The summed E-state index contributed by atoms with van der Waals surface area (Å²) in [6.07, 6.45) is 2.99. The molecule has 1 saturated heterocycles. The molecule has 30 heavy (non-hydrogen) atoms. The van der Waals surface area contributed by atoms with Crippen molar-refractivity contribution in [2.75, 3.05) is 32.9 Å². The molecule has 0 bridgehead atoms. The predicted octanol–water partition coefficient (Wildman–Crippen LogP) is 3.47. The molecule has 1 heterocycles. The summed E-state index contributed by atoms with van der Waals surface area (Å²) in [6, 6.07) is 9.17. The first-order valence-electron chi connectivity index (χ1n) is 9.38. The van der Waals surface area contributed by atoms with E-state index >= 15 is 0 Å². The molecule has 1 N–H and O–H groups in total. The van der Waals surface area contributed by atoms with Gasteiger partial charge in [0.15, 0.2) is 17.3 Å². The lowest BCUT2D eigenvalue weighted by Crippen LogP contribution is -2.40. The summed E-state index contributed by atoms with van der Waals surface area (Å²) in [5.74, 6) is 0.0431. The molecule has 0 aliphatic carbocycles. The highest BCUT2D eigenvalue weighted by Gasteiger charge is 2.26. The smallest absolute Gasteiger partial charge is 0.243 e. The zero-order valence-corrected chi connectivity index (χ0v) is 18.8. The number of allylic oxidation sites excluding steroid dienone is 1. The molecule has 1 aliphatic heterocycles. The van der Waals surface area contributed by atoms with Gasteiger partial charge in [-0.3, -0.25) is 4.79 Å². The molecule has 0 radical (unpaired) electrons. The Morgan fingerprint density at radius 3 is 2.53 bits per heavy atom. The number of benzene rings is 2. The largest absolute Gasteiger partial charge is 0.503 e. The number of rotatable bonds is 7. The van der Waals surface area contributed by atoms with Crippen LogP contribution in [-0.2, 0) is 14.8 Å². The lowest BCUT2D eigenvalue weighted by Gasteiger charge is -2.26. The van der Waals surface area contributed by atoms with Gasteiger partial charge in [0.1, 0.15) is 0 Å². The van der Waals surface area contributed by atoms with Crippen LogP contribution in [0, 0.1) is 0 Å². The second-order valence-electron chi connectivity index (χ2n) is 6.52. The summed E-state index contributed by atoms with van der Waals surface area (Å²) >= 11 is 3.26. The first kappa shape index (κ1) is 22.5. The van der Waals surface area contributed by atoms with Crippen molar-refractivity contribution in [1.29, 1.82) is 0 Å². The number of morpholine rings is 1. The zero-order valence-electron chi connectivity index (χ0n) is 16.4. The highest BCUT2D eigenvalue weighted by atomic mass is 79.9. The quantitative estimate of drug-likeness (QED) is 0.466. The molecule has 1 fully saturated rings. The van der Waals surface area contributed by atoms with E-state index in [2.05, 4.69) is 15.9 Å². The topological polar surface area (TPSA) is 93.1 Å². The van der Waals surface area contributed by atoms with Crippen molar-refractivity contribution in [2.24, 2.45) is 0 Å². The molecule has 160 valence electrons. The molecular formula is C21H22BrNO6S. The molecule has 2 aromatic carbocycles. The van der Waals surface area contributed by atoms with Gasteiger partial charge >= 0.3 is 0 Å². The van der Waals surface area contributed by atoms with E-state index in [-0.39, 0.29) is 16.4 Å². The lowest BCUT2D eigenvalue weighted by atomic mass is 10.1. The standard InChI is InChI=1S/C21H22BrNO6S/c1-2-29-20-14-15(13-18(22)21(20)25)3-8-19(24)16-4-6-17(7-5-16)30(26,27)23-9-11-28-12-10-23/h3-8,13-14,25H,2,9-12H2,1H3. The van der Waals surface area contributed by atoms with Gasteiger partial charge in [0.25, 0.3) is 0 Å². The Kier molecular flexibility index (Phi) is 7.30. The second kappa shape index (κ2) is 9.74. The fourth-order valence-electron chi connectivity index (χ4n) is 2.95. The number of sulfonamides is 1. The first-order chi connectivity index (χ1) is 14.3. The SMILES string of the molecule is CCOc1cc(C=CC(=O)c2ccc(S(=O)(=O)N3CCOCC3)cc2)cc(Br)c1O. The van der Waals surface area contributed by atoms with Gasteiger partial charge in [-0.25, -0.2) is 8.42 Å². The van der Waals surface area contributed by atoms with E-state index in [1.165, 1.54) is 34.6 Å². The highest BCUT2D eigenvalue weighted by molar-refractivity contribution is 9.10. The van der Waals surface area contributed by atoms with Gasteiger partial charge in [0.2, 0.25) is 10.0 Å². The van der Waals surface area contributed by atoms with Gasteiger partial charge in [-0.1, -0.05) is 6.08 Å². The van der Waals surface area contributed by atoms with Crippen molar-refractivity contribution in [2.45, 2.75) is 11.8 Å². The Balaban J connectivity index is 1.75. The van der Waals surface area contributed by atoms with Crippen LogP contribution in [0.15, 0.2) is 51.8 Å². The fourth-order valence-corrected chi connectivity index (χ4v) is 4.82. The van der Waals surface area contributed by atoms with Crippen molar-refractivity contribution >= 4 is 37.8 Å². The normalized spacial score (nSPS) is 15.4. The number of aromatic hydroxyl groups is 1. The number of halogens is 1. The molecule has 2 aromatic rings. The summed E-state index contributed by atoms with van der Waals surface area (Å²) < 4.78 is 37.7. The van der Waals surface area contributed by atoms with Gasteiger partial charge in [-0.2, -0.15) is 4.31 Å². The third kappa shape index (κ3) is 5.10. The minimum atomic E-state index is -3.60. The molecule has 3 rings (SSSR count). The Hall–Kier alpha value is -2.20. The number of phenolic OH excluding ortho intramolecular Hbond substituents is 1. The minimum absolute atomic E-state index is 0.00241. The molecule has 0 amide bonds. The summed E-state index contributed by atoms with van der Waals surface area (Å²) in [4.78, 5) is 12.6. The second-order valence-corrected chi connectivity index (χ2v) is 9.31. The van der Waals surface area contributed by atoms with Gasteiger partial charge in [-0.15, -0.1) is 0 Å². The Morgan fingerprint density at radius 1 is 1.23 bits per heavy atom.